The van der Waals surface area contributed by atoms with Gasteiger partial charge in [0.05, 0.1) is 18.3 Å². The SMILES string of the molecule is CC(CC(=O)O)c1cnc(C(F)F)cn1. The van der Waals surface area contributed by atoms with Gasteiger partial charge in [0.2, 0.25) is 0 Å². The van der Waals surface area contributed by atoms with Gasteiger partial charge in [-0.1, -0.05) is 6.92 Å². The fraction of sp³-hybridized carbons (Fsp3) is 0.444. The normalized spacial score (nSPS) is 12.8. The quantitative estimate of drug-likeness (QED) is 0.835. The van der Waals surface area contributed by atoms with Gasteiger partial charge in [-0.05, 0) is 0 Å². The standard InChI is InChI=1S/C9H10F2N2O2/c1-5(2-8(14)15)6-3-13-7(4-12-6)9(10)11/h3-5,9H,2H2,1H3,(H,14,15). The molecule has 1 atom stereocenters. The number of aliphatic carboxylic acids is 1. The summed E-state index contributed by atoms with van der Waals surface area (Å²) >= 11 is 0. The van der Waals surface area contributed by atoms with Crippen LogP contribution < -0.4 is 0 Å². The molecule has 1 unspecified atom stereocenters. The van der Waals surface area contributed by atoms with Gasteiger partial charge >= 0.3 is 5.97 Å². The van der Waals surface area contributed by atoms with Crippen LogP contribution in [0, 0.1) is 0 Å². The topological polar surface area (TPSA) is 63.1 Å². The van der Waals surface area contributed by atoms with E-state index in [1.807, 2.05) is 0 Å². The van der Waals surface area contributed by atoms with Crippen LogP contribution in [-0.2, 0) is 4.79 Å². The van der Waals surface area contributed by atoms with E-state index in [1.54, 1.807) is 6.92 Å². The van der Waals surface area contributed by atoms with Crippen LogP contribution in [-0.4, -0.2) is 21.0 Å². The third kappa shape index (κ3) is 3.23. The van der Waals surface area contributed by atoms with Crippen molar-refractivity contribution in [1.29, 1.82) is 0 Å². The van der Waals surface area contributed by atoms with Crippen LogP contribution >= 0.6 is 0 Å². The molecule has 6 heteroatoms. The third-order valence-corrected chi connectivity index (χ3v) is 1.90. The van der Waals surface area contributed by atoms with Gasteiger partial charge in [0.1, 0.15) is 5.69 Å². The van der Waals surface area contributed by atoms with Gasteiger partial charge in [0.15, 0.2) is 0 Å². The molecule has 0 saturated heterocycles. The molecule has 15 heavy (non-hydrogen) atoms. The van der Waals surface area contributed by atoms with E-state index in [2.05, 4.69) is 9.97 Å². The van der Waals surface area contributed by atoms with Gasteiger partial charge in [0, 0.05) is 12.1 Å². The smallest absolute Gasteiger partial charge is 0.304 e. The second-order valence-electron chi connectivity index (χ2n) is 3.17. The minimum absolute atomic E-state index is 0.0945. The summed E-state index contributed by atoms with van der Waals surface area (Å²) in [7, 11) is 0. The average molecular weight is 216 g/mol. The van der Waals surface area contributed by atoms with Gasteiger partial charge in [-0.3, -0.25) is 14.8 Å². The number of hydrogen-bond acceptors (Lipinski definition) is 3. The lowest BCUT2D eigenvalue weighted by Crippen LogP contribution is -2.06. The molecule has 0 saturated carbocycles. The number of carbonyl (C=O) groups is 1. The molecule has 0 fully saturated rings. The fourth-order valence-electron chi connectivity index (χ4n) is 1.08. The van der Waals surface area contributed by atoms with Crippen molar-refractivity contribution in [3.05, 3.63) is 23.8 Å². The predicted octanol–water partition coefficient (Wildman–Crippen LogP) is 1.99. The number of nitrogens with zero attached hydrogens (tertiary/aromatic N) is 2. The molecule has 0 aliphatic rings. The number of halogens is 2. The third-order valence-electron chi connectivity index (χ3n) is 1.90. The summed E-state index contributed by atoms with van der Waals surface area (Å²) in [5, 5.41) is 8.52. The molecule has 0 aromatic carbocycles. The molecule has 1 rings (SSSR count). The lowest BCUT2D eigenvalue weighted by Gasteiger charge is -2.07. The Labute approximate surface area is 85.0 Å². The van der Waals surface area contributed by atoms with E-state index in [1.165, 1.54) is 6.20 Å². The number of aromatic nitrogens is 2. The Bertz CT molecular complexity index is 340. The lowest BCUT2D eigenvalue weighted by atomic mass is 10.1. The maximum atomic E-state index is 12.1. The number of hydrogen-bond donors (Lipinski definition) is 1. The maximum Gasteiger partial charge on any atom is 0.304 e. The number of rotatable bonds is 4. The van der Waals surface area contributed by atoms with Gasteiger partial charge in [-0.2, -0.15) is 0 Å². The molecule has 82 valence electrons. The molecule has 1 heterocycles. The molecule has 0 amide bonds. The van der Waals surface area contributed by atoms with Crippen molar-refractivity contribution >= 4 is 5.97 Å². The second-order valence-corrected chi connectivity index (χ2v) is 3.17. The van der Waals surface area contributed by atoms with Crippen LogP contribution in [0.5, 0.6) is 0 Å². The van der Waals surface area contributed by atoms with Crippen LogP contribution in [0.1, 0.15) is 37.1 Å². The van der Waals surface area contributed by atoms with E-state index in [4.69, 9.17) is 5.11 Å². The van der Waals surface area contributed by atoms with E-state index in [-0.39, 0.29) is 12.3 Å². The van der Waals surface area contributed by atoms with E-state index in [9.17, 15) is 13.6 Å². The summed E-state index contributed by atoms with van der Waals surface area (Å²) < 4.78 is 24.2. The summed E-state index contributed by atoms with van der Waals surface area (Å²) in [5.41, 5.74) is 0.00285. The molecular formula is C9H10F2N2O2. The Hall–Kier alpha value is -1.59. The zero-order valence-electron chi connectivity index (χ0n) is 8.02. The molecule has 0 bridgehead atoms. The second kappa shape index (κ2) is 4.77. The Kier molecular flexibility index (Phi) is 3.65. The fourth-order valence-corrected chi connectivity index (χ4v) is 1.08. The maximum absolute atomic E-state index is 12.1. The molecule has 4 nitrogen and oxygen atoms in total. The molecule has 0 spiro atoms. The van der Waals surface area contributed by atoms with E-state index >= 15 is 0 Å². The summed E-state index contributed by atoms with van der Waals surface area (Å²) in [6.45, 7) is 1.65. The number of alkyl halides is 2. The molecule has 0 aliphatic heterocycles. The van der Waals surface area contributed by atoms with E-state index in [0.717, 1.165) is 6.20 Å². The minimum Gasteiger partial charge on any atom is -0.481 e. The molecule has 0 radical (unpaired) electrons. The van der Waals surface area contributed by atoms with Crippen molar-refractivity contribution in [3.63, 3.8) is 0 Å². The van der Waals surface area contributed by atoms with Crippen molar-refractivity contribution < 1.29 is 18.7 Å². The van der Waals surface area contributed by atoms with E-state index in [0.29, 0.717) is 5.69 Å². The predicted molar refractivity (Wildman–Crippen MR) is 47.7 cm³/mol. The highest BCUT2D eigenvalue weighted by Gasteiger charge is 2.14. The van der Waals surface area contributed by atoms with Gasteiger partial charge < -0.3 is 5.11 Å². The zero-order valence-corrected chi connectivity index (χ0v) is 8.02. The first-order valence-corrected chi connectivity index (χ1v) is 4.32. The zero-order chi connectivity index (χ0) is 11.4. The molecular weight excluding hydrogens is 206 g/mol. The highest BCUT2D eigenvalue weighted by molar-refractivity contribution is 5.67. The number of carboxylic acid groups (broad SMARTS) is 1. The summed E-state index contributed by atoms with van der Waals surface area (Å²) in [4.78, 5) is 17.6. The van der Waals surface area contributed by atoms with Gasteiger partial charge in [-0.15, -0.1) is 0 Å². The first-order valence-electron chi connectivity index (χ1n) is 4.32. The van der Waals surface area contributed by atoms with Gasteiger partial charge in [0.25, 0.3) is 6.43 Å². The van der Waals surface area contributed by atoms with Crippen molar-refractivity contribution in [2.24, 2.45) is 0 Å². The monoisotopic (exact) mass is 216 g/mol. The molecule has 1 aromatic rings. The summed E-state index contributed by atoms with van der Waals surface area (Å²) in [6.07, 6.45) is -0.586. The number of carboxylic acids is 1. The van der Waals surface area contributed by atoms with Crippen LogP contribution in [0.2, 0.25) is 0 Å². The Morgan fingerprint density at radius 2 is 1.93 bits per heavy atom. The van der Waals surface area contributed by atoms with Crippen molar-refractivity contribution in [2.45, 2.75) is 25.7 Å². The lowest BCUT2D eigenvalue weighted by molar-refractivity contribution is -0.137. The van der Waals surface area contributed by atoms with Crippen molar-refractivity contribution in [3.8, 4) is 0 Å². The Morgan fingerprint density at radius 1 is 1.40 bits per heavy atom. The summed E-state index contributed by atoms with van der Waals surface area (Å²) in [5.74, 6) is -1.29. The minimum atomic E-state index is -2.65. The first-order chi connectivity index (χ1) is 7.00. The molecule has 0 aliphatic carbocycles. The van der Waals surface area contributed by atoms with Crippen molar-refractivity contribution in [1.82, 2.24) is 9.97 Å². The largest absolute Gasteiger partial charge is 0.481 e. The van der Waals surface area contributed by atoms with Crippen LogP contribution in [0.4, 0.5) is 8.78 Å². The first kappa shape index (κ1) is 11.5. The van der Waals surface area contributed by atoms with Crippen molar-refractivity contribution in [2.75, 3.05) is 0 Å². The molecule has 1 aromatic heterocycles. The summed E-state index contributed by atoms with van der Waals surface area (Å²) in [6, 6.07) is 0. The Balaban J connectivity index is 2.75. The van der Waals surface area contributed by atoms with Gasteiger partial charge in [-0.25, -0.2) is 8.78 Å². The highest BCUT2D eigenvalue weighted by atomic mass is 19.3. The van der Waals surface area contributed by atoms with Crippen LogP contribution in [0.15, 0.2) is 12.4 Å². The van der Waals surface area contributed by atoms with E-state index < -0.39 is 18.1 Å². The van der Waals surface area contributed by atoms with Crippen LogP contribution in [0.25, 0.3) is 0 Å². The highest BCUT2D eigenvalue weighted by Crippen LogP contribution is 2.19. The van der Waals surface area contributed by atoms with Crippen LogP contribution in [0.3, 0.4) is 0 Å². The Morgan fingerprint density at radius 3 is 2.33 bits per heavy atom. The molecule has 1 N–H and O–H groups in total. The average Bonchev–Trinajstić information content (AvgIpc) is 2.17.